The van der Waals surface area contributed by atoms with Gasteiger partial charge in [0.25, 0.3) is 0 Å². The van der Waals surface area contributed by atoms with E-state index < -0.39 is 58.1 Å². The Morgan fingerprint density at radius 3 is 1.87 bits per heavy atom. The van der Waals surface area contributed by atoms with Crippen molar-refractivity contribution in [2.45, 2.75) is 13.0 Å². The van der Waals surface area contributed by atoms with E-state index in [1.807, 2.05) is 0 Å². The number of ether oxygens (including phenoxy) is 1. The van der Waals surface area contributed by atoms with E-state index in [4.69, 9.17) is 0 Å². The fourth-order valence-electron chi connectivity index (χ4n) is 3.58. The maximum absolute atomic E-state index is 14.7. The highest BCUT2D eigenvalue weighted by Gasteiger charge is 2.41. The van der Waals surface area contributed by atoms with Gasteiger partial charge in [-0.05, 0) is 60.5 Å². The molecule has 0 aliphatic rings. The Morgan fingerprint density at radius 1 is 0.658 bits per heavy atom. The molecule has 4 aromatic carbocycles. The minimum atomic E-state index is -4.46. The lowest BCUT2D eigenvalue weighted by molar-refractivity contribution is -0.189. The first-order valence-electron chi connectivity index (χ1n) is 10.7. The van der Waals surface area contributed by atoms with Crippen molar-refractivity contribution in [3.63, 3.8) is 0 Å². The molecule has 0 fully saturated rings. The average molecular weight is 536 g/mol. The molecular formula is C28H13F9O. The number of alkyl halides is 2. The maximum atomic E-state index is 14.7. The Hall–Kier alpha value is -4.39. The molecule has 0 amide bonds. The molecule has 0 N–H and O–H groups in total. The third kappa shape index (κ3) is 5.32. The van der Waals surface area contributed by atoms with Crippen LogP contribution in [0.15, 0.2) is 60.7 Å². The third-order valence-corrected chi connectivity index (χ3v) is 5.36. The van der Waals surface area contributed by atoms with Crippen molar-refractivity contribution < 1.29 is 44.3 Å². The summed E-state index contributed by atoms with van der Waals surface area (Å²) in [6.07, 6.45) is -4.46. The first kappa shape index (κ1) is 26.7. The number of aryl methyl sites for hydroxylation is 1. The van der Waals surface area contributed by atoms with E-state index >= 15 is 0 Å². The SMILES string of the molecule is Cc1cc(OC(F)(F)c2c(F)cccc2F)cc(F)c1C#Cc1ccc(-c2cc(F)c(F)c(F)c2)c(F)c1. The first-order chi connectivity index (χ1) is 17.9. The summed E-state index contributed by atoms with van der Waals surface area (Å²) >= 11 is 0. The second-order valence-electron chi connectivity index (χ2n) is 8.01. The maximum Gasteiger partial charge on any atom is 0.432 e. The molecule has 0 spiro atoms. The van der Waals surface area contributed by atoms with Crippen molar-refractivity contribution in [2.75, 3.05) is 0 Å². The number of rotatable bonds is 4. The minimum absolute atomic E-state index is 0.0201. The summed E-state index contributed by atoms with van der Waals surface area (Å²) < 4.78 is 130. The van der Waals surface area contributed by atoms with Crippen molar-refractivity contribution in [2.24, 2.45) is 0 Å². The Kier molecular flexibility index (Phi) is 7.14. The molecule has 0 heterocycles. The topological polar surface area (TPSA) is 9.23 Å². The molecule has 0 saturated carbocycles. The van der Waals surface area contributed by atoms with Gasteiger partial charge in [-0.25, -0.2) is 30.7 Å². The van der Waals surface area contributed by atoms with Gasteiger partial charge < -0.3 is 4.74 Å². The van der Waals surface area contributed by atoms with Crippen molar-refractivity contribution >= 4 is 0 Å². The van der Waals surface area contributed by atoms with Gasteiger partial charge >= 0.3 is 6.11 Å². The Bertz CT molecular complexity index is 1550. The van der Waals surface area contributed by atoms with Crippen molar-refractivity contribution in [1.82, 2.24) is 0 Å². The van der Waals surface area contributed by atoms with E-state index in [0.717, 1.165) is 24.3 Å². The largest absolute Gasteiger partial charge is 0.432 e. The van der Waals surface area contributed by atoms with E-state index in [0.29, 0.717) is 30.3 Å². The zero-order valence-electron chi connectivity index (χ0n) is 19.1. The molecule has 0 aliphatic carbocycles. The average Bonchev–Trinajstić information content (AvgIpc) is 2.81. The van der Waals surface area contributed by atoms with Crippen molar-refractivity contribution in [3.8, 4) is 28.7 Å². The molecule has 0 unspecified atom stereocenters. The Morgan fingerprint density at radius 2 is 1.29 bits per heavy atom. The van der Waals surface area contributed by atoms with Gasteiger partial charge in [0.05, 0.1) is 5.56 Å². The van der Waals surface area contributed by atoms with Crippen LogP contribution in [0.25, 0.3) is 11.1 Å². The van der Waals surface area contributed by atoms with Gasteiger partial charge in [0, 0.05) is 17.2 Å². The summed E-state index contributed by atoms with van der Waals surface area (Å²) in [5.41, 5.74) is -2.36. The molecule has 0 bridgehead atoms. The zero-order chi connectivity index (χ0) is 27.8. The van der Waals surface area contributed by atoms with E-state index in [-0.39, 0.29) is 27.8 Å². The highest BCUT2D eigenvalue weighted by molar-refractivity contribution is 5.65. The summed E-state index contributed by atoms with van der Waals surface area (Å²) in [6.45, 7) is 1.31. The van der Waals surface area contributed by atoms with E-state index in [1.165, 1.54) is 13.0 Å². The van der Waals surface area contributed by atoms with Crippen LogP contribution in [0.5, 0.6) is 5.75 Å². The summed E-state index contributed by atoms with van der Waals surface area (Å²) in [5.74, 6) is -5.70. The molecule has 38 heavy (non-hydrogen) atoms. The van der Waals surface area contributed by atoms with Crippen LogP contribution in [0.4, 0.5) is 39.5 Å². The monoisotopic (exact) mass is 536 g/mol. The number of benzene rings is 4. The number of hydrogen-bond acceptors (Lipinski definition) is 1. The van der Waals surface area contributed by atoms with Crippen LogP contribution in [-0.2, 0) is 6.11 Å². The summed E-state index contributed by atoms with van der Waals surface area (Å²) in [5, 5.41) is 0. The predicted octanol–water partition coefficient (Wildman–Crippen LogP) is 8.16. The normalized spacial score (nSPS) is 11.2. The molecule has 0 aromatic heterocycles. The van der Waals surface area contributed by atoms with Crippen LogP contribution in [0.1, 0.15) is 22.3 Å². The molecule has 0 aliphatic heterocycles. The lowest BCUT2D eigenvalue weighted by atomic mass is 10.0. The molecule has 0 saturated heterocycles. The van der Waals surface area contributed by atoms with Crippen LogP contribution in [0, 0.1) is 59.5 Å². The van der Waals surface area contributed by atoms with E-state index in [2.05, 4.69) is 16.6 Å². The van der Waals surface area contributed by atoms with Crippen LogP contribution >= 0.6 is 0 Å². The third-order valence-electron chi connectivity index (χ3n) is 5.36. The van der Waals surface area contributed by atoms with Gasteiger partial charge in [0.15, 0.2) is 17.5 Å². The molecule has 0 radical (unpaired) electrons. The second-order valence-corrected chi connectivity index (χ2v) is 8.01. The minimum Gasteiger partial charge on any atom is -0.429 e. The van der Waals surface area contributed by atoms with Gasteiger partial charge in [0.2, 0.25) is 0 Å². The van der Waals surface area contributed by atoms with Crippen LogP contribution < -0.4 is 4.74 Å². The standard InChI is InChI=1S/C28H13F9O/c1-14-9-17(38-28(36,37)26-20(29)3-2-4-21(26)30)13-23(32)18(14)7-5-15-6-8-19(22(31)10-15)16-11-24(33)27(35)25(34)12-16/h2-4,6,8-13H,1H3. The highest BCUT2D eigenvalue weighted by atomic mass is 19.3. The van der Waals surface area contributed by atoms with Crippen molar-refractivity contribution in [3.05, 3.63) is 124 Å². The quantitative estimate of drug-likeness (QED) is 0.145. The van der Waals surface area contributed by atoms with Crippen molar-refractivity contribution in [1.29, 1.82) is 0 Å². The lowest BCUT2D eigenvalue weighted by Crippen LogP contribution is -2.25. The fraction of sp³-hybridized carbons (Fsp3) is 0.0714. The summed E-state index contributed by atoms with van der Waals surface area (Å²) in [7, 11) is 0. The van der Waals surface area contributed by atoms with E-state index in [9.17, 15) is 39.5 Å². The zero-order valence-corrected chi connectivity index (χ0v) is 19.1. The van der Waals surface area contributed by atoms with Crippen LogP contribution in [0.2, 0.25) is 0 Å². The lowest BCUT2D eigenvalue weighted by Gasteiger charge is -2.20. The first-order valence-corrected chi connectivity index (χ1v) is 10.7. The van der Waals surface area contributed by atoms with Gasteiger partial charge in [-0.3, -0.25) is 0 Å². The molecular weight excluding hydrogens is 523 g/mol. The number of hydrogen-bond donors (Lipinski definition) is 0. The fourth-order valence-corrected chi connectivity index (χ4v) is 3.58. The Labute approximate surface area is 210 Å². The smallest absolute Gasteiger partial charge is 0.429 e. The number of halogens is 9. The molecule has 1 nitrogen and oxygen atoms in total. The summed E-state index contributed by atoms with van der Waals surface area (Å²) in [6, 6.07) is 8.18. The van der Waals surface area contributed by atoms with E-state index in [1.54, 1.807) is 0 Å². The van der Waals surface area contributed by atoms with Gasteiger partial charge in [-0.1, -0.05) is 24.0 Å². The van der Waals surface area contributed by atoms with Crippen LogP contribution in [-0.4, -0.2) is 0 Å². The van der Waals surface area contributed by atoms with Gasteiger partial charge in [-0.2, -0.15) is 8.78 Å². The van der Waals surface area contributed by atoms with Crippen LogP contribution in [0.3, 0.4) is 0 Å². The molecule has 194 valence electrons. The molecule has 4 aromatic rings. The second kappa shape index (κ2) is 10.2. The molecule has 10 heteroatoms. The molecule has 4 rings (SSSR count). The van der Waals surface area contributed by atoms with Gasteiger partial charge in [0.1, 0.15) is 34.6 Å². The predicted molar refractivity (Wildman–Crippen MR) is 120 cm³/mol. The Balaban J connectivity index is 1.60. The summed E-state index contributed by atoms with van der Waals surface area (Å²) in [4.78, 5) is 0. The molecule has 0 atom stereocenters. The van der Waals surface area contributed by atoms with Gasteiger partial charge in [-0.15, -0.1) is 0 Å². The highest BCUT2D eigenvalue weighted by Crippen LogP contribution is 2.36.